The number of carbonyl (C=O) groups excluding carboxylic acids is 2. The van der Waals surface area contributed by atoms with Crippen LogP contribution in [-0.2, 0) is 0 Å². The molecule has 2 atom stereocenters. The van der Waals surface area contributed by atoms with Crippen LogP contribution in [0.2, 0.25) is 0 Å². The van der Waals surface area contributed by atoms with Crippen LogP contribution in [-0.4, -0.2) is 45.9 Å². The Labute approximate surface area is 169 Å². The Morgan fingerprint density at radius 1 is 1.07 bits per heavy atom. The summed E-state index contributed by atoms with van der Waals surface area (Å²) < 4.78 is 0. The Morgan fingerprint density at radius 3 is 2.41 bits per heavy atom. The number of hydrogen-bond donors (Lipinski definition) is 2. The first-order valence-electron chi connectivity index (χ1n) is 9.65. The number of aromatic carboxylic acids is 1. The summed E-state index contributed by atoms with van der Waals surface area (Å²) in [4.78, 5) is 42.4. The number of carboxylic acid groups (broad SMARTS) is 1. The number of hydrogen-bond acceptors (Lipinski definition) is 4. The van der Waals surface area contributed by atoms with Crippen molar-refractivity contribution in [3.05, 3.63) is 58.9 Å². The fourth-order valence-electron chi connectivity index (χ4n) is 3.78. The maximum atomic E-state index is 13.0. The maximum Gasteiger partial charge on any atom is 0.335 e. The lowest BCUT2D eigenvalue weighted by Crippen LogP contribution is -2.42. The molecule has 1 aromatic heterocycles. The minimum absolute atomic E-state index is 0.000269. The number of aromatic nitrogens is 1. The molecule has 1 saturated heterocycles. The zero-order chi connectivity index (χ0) is 21.1. The topological polar surface area (TPSA) is 99.6 Å². The third-order valence-electron chi connectivity index (χ3n) is 5.13. The molecule has 1 aliphatic heterocycles. The van der Waals surface area contributed by atoms with Gasteiger partial charge in [0.2, 0.25) is 0 Å². The van der Waals surface area contributed by atoms with Gasteiger partial charge in [0.15, 0.2) is 0 Å². The highest BCUT2D eigenvalue weighted by Crippen LogP contribution is 2.24. The minimum Gasteiger partial charge on any atom is -0.478 e. The molecular formula is C22H25N3O4. The lowest BCUT2D eigenvalue weighted by molar-refractivity contribution is 0.0622. The summed E-state index contributed by atoms with van der Waals surface area (Å²) in [5.74, 6) is -0.791. The van der Waals surface area contributed by atoms with Crippen LogP contribution in [0, 0.1) is 18.8 Å². The van der Waals surface area contributed by atoms with E-state index in [1.165, 1.54) is 18.3 Å². The fraction of sp³-hybridized carbons (Fsp3) is 0.364. The van der Waals surface area contributed by atoms with E-state index in [2.05, 4.69) is 24.1 Å². The van der Waals surface area contributed by atoms with Gasteiger partial charge in [0.1, 0.15) is 5.69 Å². The van der Waals surface area contributed by atoms with Crippen molar-refractivity contribution < 1.29 is 19.5 Å². The van der Waals surface area contributed by atoms with Crippen molar-refractivity contribution in [2.24, 2.45) is 11.8 Å². The Kier molecular flexibility index (Phi) is 5.96. The molecule has 0 saturated carbocycles. The van der Waals surface area contributed by atoms with Crippen LogP contribution in [0.15, 0.2) is 36.5 Å². The van der Waals surface area contributed by atoms with Crippen LogP contribution in [0.1, 0.15) is 57.0 Å². The number of anilines is 1. The fourth-order valence-corrected chi connectivity index (χ4v) is 3.78. The predicted molar refractivity (Wildman–Crippen MR) is 109 cm³/mol. The highest BCUT2D eigenvalue weighted by Gasteiger charge is 2.26. The van der Waals surface area contributed by atoms with Gasteiger partial charge in [-0.25, -0.2) is 4.79 Å². The first kappa shape index (κ1) is 20.5. The largest absolute Gasteiger partial charge is 0.478 e. The van der Waals surface area contributed by atoms with Crippen molar-refractivity contribution in [3.8, 4) is 0 Å². The molecule has 0 spiro atoms. The molecule has 0 radical (unpaired) electrons. The van der Waals surface area contributed by atoms with E-state index in [1.54, 1.807) is 18.2 Å². The highest BCUT2D eigenvalue weighted by atomic mass is 16.4. The number of nitrogens with zero attached hydrogens (tertiary/aromatic N) is 2. The minimum atomic E-state index is -1.13. The van der Waals surface area contributed by atoms with E-state index in [-0.39, 0.29) is 17.2 Å². The van der Waals surface area contributed by atoms with Gasteiger partial charge in [-0.2, -0.15) is 0 Å². The smallest absolute Gasteiger partial charge is 0.335 e. The van der Waals surface area contributed by atoms with Crippen molar-refractivity contribution in [3.63, 3.8) is 0 Å². The quantitative estimate of drug-likeness (QED) is 0.826. The number of nitrogens with one attached hydrogen (secondary N) is 1. The number of likely N-dealkylation sites (tertiary alicyclic amines) is 1. The second-order valence-electron chi connectivity index (χ2n) is 7.87. The molecule has 7 heteroatoms. The van der Waals surface area contributed by atoms with Crippen LogP contribution >= 0.6 is 0 Å². The third kappa shape index (κ3) is 4.80. The Bertz CT molecular complexity index is 947. The molecule has 2 heterocycles. The third-order valence-corrected chi connectivity index (χ3v) is 5.13. The van der Waals surface area contributed by atoms with E-state index in [0.29, 0.717) is 23.1 Å². The molecule has 29 heavy (non-hydrogen) atoms. The molecule has 1 aromatic carbocycles. The SMILES string of the molecule is Cc1ccc(C(=O)N2CC(C)CC(C)C2)cc1NC(=O)c1cc(C(=O)O)ccn1. The summed E-state index contributed by atoms with van der Waals surface area (Å²) in [5.41, 5.74) is 1.80. The lowest BCUT2D eigenvalue weighted by atomic mass is 9.91. The molecule has 7 nitrogen and oxygen atoms in total. The summed E-state index contributed by atoms with van der Waals surface area (Å²) >= 11 is 0. The van der Waals surface area contributed by atoms with Crippen LogP contribution in [0.5, 0.6) is 0 Å². The van der Waals surface area contributed by atoms with Crippen molar-refractivity contribution in [1.82, 2.24) is 9.88 Å². The molecule has 2 N–H and O–H groups in total. The van der Waals surface area contributed by atoms with Gasteiger partial charge < -0.3 is 15.3 Å². The van der Waals surface area contributed by atoms with Crippen molar-refractivity contribution >= 4 is 23.5 Å². The molecule has 1 aliphatic rings. The molecule has 2 amide bonds. The second-order valence-corrected chi connectivity index (χ2v) is 7.87. The number of amides is 2. The molecule has 152 valence electrons. The number of carboxylic acids is 1. The van der Waals surface area contributed by atoms with E-state index in [1.807, 2.05) is 11.8 Å². The first-order chi connectivity index (χ1) is 13.7. The summed E-state index contributed by atoms with van der Waals surface area (Å²) in [6, 6.07) is 7.77. The highest BCUT2D eigenvalue weighted by molar-refractivity contribution is 6.05. The number of aryl methyl sites for hydroxylation is 1. The molecule has 2 unspecified atom stereocenters. The van der Waals surface area contributed by atoms with Crippen molar-refractivity contribution in [2.75, 3.05) is 18.4 Å². The van der Waals surface area contributed by atoms with Gasteiger partial charge >= 0.3 is 5.97 Å². The number of piperidine rings is 1. The summed E-state index contributed by atoms with van der Waals surface area (Å²) in [6.07, 6.45) is 2.39. The average molecular weight is 395 g/mol. The normalized spacial score (nSPS) is 18.9. The predicted octanol–water partition coefficient (Wildman–Crippen LogP) is 3.46. The Morgan fingerprint density at radius 2 is 1.76 bits per heavy atom. The van der Waals surface area contributed by atoms with E-state index in [0.717, 1.165) is 25.1 Å². The monoisotopic (exact) mass is 395 g/mol. The van der Waals surface area contributed by atoms with Gasteiger partial charge in [-0.3, -0.25) is 14.6 Å². The Hall–Kier alpha value is -3.22. The summed E-state index contributed by atoms with van der Waals surface area (Å²) in [6.45, 7) is 7.58. The van der Waals surface area contributed by atoms with Gasteiger partial charge in [0, 0.05) is 30.5 Å². The number of pyridine rings is 1. The van der Waals surface area contributed by atoms with E-state index in [9.17, 15) is 14.4 Å². The van der Waals surface area contributed by atoms with Gasteiger partial charge in [0.05, 0.1) is 5.56 Å². The van der Waals surface area contributed by atoms with E-state index < -0.39 is 11.9 Å². The van der Waals surface area contributed by atoms with Crippen LogP contribution in [0.3, 0.4) is 0 Å². The maximum absolute atomic E-state index is 13.0. The summed E-state index contributed by atoms with van der Waals surface area (Å²) in [5, 5.41) is 11.8. The first-order valence-corrected chi connectivity index (χ1v) is 9.65. The van der Waals surface area contributed by atoms with Gasteiger partial charge in [-0.1, -0.05) is 19.9 Å². The number of benzene rings is 1. The van der Waals surface area contributed by atoms with Crippen molar-refractivity contribution in [1.29, 1.82) is 0 Å². The van der Waals surface area contributed by atoms with E-state index in [4.69, 9.17) is 5.11 Å². The summed E-state index contributed by atoms with van der Waals surface area (Å²) in [7, 11) is 0. The average Bonchev–Trinajstić information content (AvgIpc) is 2.68. The van der Waals surface area contributed by atoms with E-state index >= 15 is 0 Å². The zero-order valence-corrected chi connectivity index (χ0v) is 16.8. The Balaban J connectivity index is 1.80. The molecule has 0 bridgehead atoms. The van der Waals surface area contributed by atoms with Crippen LogP contribution < -0.4 is 5.32 Å². The van der Waals surface area contributed by atoms with Crippen molar-refractivity contribution in [2.45, 2.75) is 27.2 Å². The van der Waals surface area contributed by atoms with Crippen LogP contribution in [0.25, 0.3) is 0 Å². The molecule has 1 fully saturated rings. The lowest BCUT2D eigenvalue weighted by Gasteiger charge is -2.35. The number of carbonyl (C=O) groups is 3. The van der Waals surface area contributed by atoms with Gasteiger partial charge in [-0.15, -0.1) is 0 Å². The zero-order valence-electron chi connectivity index (χ0n) is 16.8. The molecule has 0 aliphatic carbocycles. The van der Waals surface area contributed by atoms with Crippen LogP contribution in [0.4, 0.5) is 5.69 Å². The number of rotatable bonds is 4. The molecular weight excluding hydrogens is 370 g/mol. The van der Waals surface area contributed by atoms with Gasteiger partial charge in [0.25, 0.3) is 11.8 Å². The van der Waals surface area contributed by atoms with Gasteiger partial charge in [-0.05, 0) is 55.0 Å². The molecule has 3 rings (SSSR count). The standard InChI is InChI=1S/C22H25N3O4/c1-13-8-14(2)12-25(11-13)21(27)16-5-4-15(3)18(9-16)24-20(26)19-10-17(22(28)29)6-7-23-19/h4-7,9-10,13-14H,8,11-12H2,1-3H3,(H,24,26)(H,28,29). The second kappa shape index (κ2) is 8.43. The molecule has 2 aromatic rings.